The Morgan fingerprint density at radius 1 is 1.12 bits per heavy atom. The lowest BCUT2D eigenvalue weighted by molar-refractivity contribution is 0.0307. The largest absolute Gasteiger partial charge is 0.390 e. The van der Waals surface area contributed by atoms with E-state index in [0.717, 1.165) is 19.3 Å². The Morgan fingerprint density at radius 2 is 1.71 bits per heavy atom. The average molecular weight is 240 g/mol. The van der Waals surface area contributed by atoms with Crippen molar-refractivity contribution in [1.82, 2.24) is 0 Å². The summed E-state index contributed by atoms with van der Waals surface area (Å²) in [6.45, 7) is 11.3. The molecule has 0 radical (unpaired) electrons. The Bertz CT molecular complexity index is 258. The second kappa shape index (κ2) is 6.97. The van der Waals surface area contributed by atoms with Gasteiger partial charge in [-0.25, -0.2) is 0 Å². The molecule has 0 rings (SSSR count). The molecule has 0 bridgehead atoms. The van der Waals surface area contributed by atoms with Gasteiger partial charge in [0.05, 0.1) is 11.2 Å². The fourth-order valence-electron chi connectivity index (χ4n) is 1.73. The molecule has 2 atom stereocenters. The first-order valence-electron chi connectivity index (χ1n) is 6.40. The van der Waals surface area contributed by atoms with Crippen molar-refractivity contribution in [2.75, 3.05) is 0 Å². The van der Waals surface area contributed by atoms with E-state index in [2.05, 4.69) is 26.5 Å². The Hall–Kier alpha value is -0.600. The number of rotatable bonds is 8. The highest BCUT2D eigenvalue weighted by atomic mass is 16.3. The summed E-state index contributed by atoms with van der Waals surface area (Å²) in [5.41, 5.74) is -0.158. The van der Waals surface area contributed by atoms with E-state index in [1.165, 1.54) is 5.57 Å². The van der Waals surface area contributed by atoms with Crippen LogP contribution in [0.5, 0.6) is 0 Å². The normalized spacial score (nSPS) is 18.0. The van der Waals surface area contributed by atoms with Gasteiger partial charge in [-0.3, -0.25) is 0 Å². The molecule has 0 fully saturated rings. The van der Waals surface area contributed by atoms with Crippen LogP contribution in [0.2, 0.25) is 0 Å². The van der Waals surface area contributed by atoms with Gasteiger partial charge in [-0.2, -0.15) is 0 Å². The van der Waals surface area contributed by atoms with Crippen LogP contribution in [-0.4, -0.2) is 21.4 Å². The SMILES string of the molecule is C=CC(C)(O)CCCC(C)(O)CCC=C(C)C. The van der Waals surface area contributed by atoms with Crippen molar-refractivity contribution >= 4 is 0 Å². The van der Waals surface area contributed by atoms with Crippen molar-refractivity contribution in [2.24, 2.45) is 0 Å². The number of hydrogen-bond acceptors (Lipinski definition) is 2. The third-order valence-electron chi connectivity index (χ3n) is 3.07. The van der Waals surface area contributed by atoms with Crippen LogP contribution in [0.3, 0.4) is 0 Å². The quantitative estimate of drug-likeness (QED) is 0.636. The van der Waals surface area contributed by atoms with Gasteiger partial charge in [0.1, 0.15) is 0 Å². The Kier molecular flexibility index (Phi) is 6.73. The summed E-state index contributed by atoms with van der Waals surface area (Å²) in [5.74, 6) is 0. The summed E-state index contributed by atoms with van der Waals surface area (Å²) in [6, 6.07) is 0. The van der Waals surface area contributed by atoms with E-state index in [1.807, 2.05) is 6.92 Å². The first kappa shape index (κ1) is 16.4. The van der Waals surface area contributed by atoms with Crippen LogP contribution in [0.25, 0.3) is 0 Å². The summed E-state index contributed by atoms with van der Waals surface area (Å²) in [7, 11) is 0. The number of aliphatic hydroxyl groups is 2. The smallest absolute Gasteiger partial charge is 0.0797 e. The summed E-state index contributed by atoms with van der Waals surface area (Å²) in [6.07, 6.45) is 7.56. The molecule has 2 nitrogen and oxygen atoms in total. The third-order valence-corrected chi connectivity index (χ3v) is 3.07. The van der Waals surface area contributed by atoms with Crippen molar-refractivity contribution in [3.8, 4) is 0 Å². The van der Waals surface area contributed by atoms with Gasteiger partial charge < -0.3 is 10.2 Å². The number of allylic oxidation sites excluding steroid dienone is 2. The molecule has 0 amide bonds. The van der Waals surface area contributed by atoms with Gasteiger partial charge >= 0.3 is 0 Å². The fraction of sp³-hybridized carbons (Fsp3) is 0.733. The van der Waals surface area contributed by atoms with Crippen LogP contribution in [0.15, 0.2) is 24.3 Å². The fourth-order valence-corrected chi connectivity index (χ4v) is 1.73. The third kappa shape index (κ3) is 9.13. The highest BCUT2D eigenvalue weighted by Gasteiger charge is 2.21. The molecule has 2 heteroatoms. The molecule has 100 valence electrons. The van der Waals surface area contributed by atoms with E-state index in [-0.39, 0.29) is 0 Å². The standard InChI is InChI=1S/C15H28O2/c1-6-14(4,16)11-8-12-15(5,17)10-7-9-13(2)3/h6,9,16-17H,1,7-8,10-12H2,2-5H3. The summed E-state index contributed by atoms with van der Waals surface area (Å²) < 4.78 is 0. The predicted octanol–water partition coefficient (Wildman–Crippen LogP) is 3.59. The van der Waals surface area contributed by atoms with Crippen LogP contribution >= 0.6 is 0 Å². The molecule has 0 saturated carbocycles. The minimum Gasteiger partial charge on any atom is -0.390 e. The minimum atomic E-state index is -0.810. The first-order valence-corrected chi connectivity index (χ1v) is 6.40. The Labute approximate surface area is 106 Å². The maximum atomic E-state index is 10.2. The van der Waals surface area contributed by atoms with Gasteiger partial charge in [0.15, 0.2) is 0 Å². The lowest BCUT2D eigenvalue weighted by atomic mass is 9.90. The van der Waals surface area contributed by atoms with Gasteiger partial charge in [0.2, 0.25) is 0 Å². The van der Waals surface area contributed by atoms with E-state index in [4.69, 9.17) is 0 Å². The molecule has 0 saturated heterocycles. The molecule has 0 aliphatic rings. The van der Waals surface area contributed by atoms with Crippen LogP contribution in [0, 0.1) is 0 Å². The molecule has 2 unspecified atom stereocenters. The van der Waals surface area contributed by atoms with Gasteiger partial charge in [-0.1, -0.05) is 17.7 Å². The van der Waals surface area contributed by atoms with Crippen molar-refractivity contribution in [1.29, 1.82) is 0 Å². The van der Waals surface area contributed by atoms with Crippen LogP contribution in [-0.2, 0) is 0 Å². The summed E-state index contributed by atoms with van der Waals surface area (Å²) in [5, 5.41) is 19.9. The highest BCUT2D eigenvalue weighted by Crippen LogP contribution is 2.23. The minimum absolute atomic E-state index is 0.636. The van der Waals surface area contributed by atoms with E-state index >= 15 is 0 Å². The zero-order chi connectivity index (χ0) is 13.5. The molecule has 17 heavy (non-hydrogen) atoms. The Balaban J connectivity index is 3.93. The van der Waals surface area contributed by atoms with Gasteiger partial charge in [0, 0.05) is 0 Å². The van der Waals surface area contributed by atoms with Gasteiger partial charge in [-0.05, 0) is 59.8 Å². The van der Waals surface area contributed by atoms with Crippen LogP contribution < -0.4 is 0 Å². The molecular formula is C15H28O2. The maximum absolute atomic E-state index is 10.2. The molecule has 0 aromatic carbocycles. The topological polar surface area (TPSA) is 40.5 Å². The van der Waals surface area contributed by atoms with E-state index in [0.29, 0.717) is 12.8 Å². The predicted molar refractivity (Wildman–Crippen MR) is 74.0 cm³/mol. The Morgan fingerprint density at radius 3 is 2.18 bits per heavy atom. The second-order valence-electron chi connectivity index (χ2n) is 5.73. The van der Waals surface area contributed by atoms with Gasteiger partial charge in [-0.15, -0.1) is 6.58 Å². The van der Waals surface area contributed by atoms with Crippen molar-refractivity contribution in [2.45, 2.75) is 71.0 Å². The van der Waals surface area contributed by atoms with E-state index in [1.54, 1.807) is 13.0 Å². The molecule has 0 aromatic heterocycles. The van der Waals surface area contributed by atoms with Crippen LogP contribution in [0.4, 0.5) is 0 Å². The highest BCUT2D eigenvalue weighted by molar-refractivity contribution is 4.95. The molecule has 0 aliphatic carbocycles. The van der Waals surface area contributed by atoms with Crippen molar-refractivity contribution < 1.29 is 10.2 Å². The lowest BCUT2D eigenvalue weighted by Gasteiger charge is -2.25. The summed E-state index contributed by atoms with van der Waals surface area (Å²) in [4.78, 5) is 0. The lowest BCUT2D eigenvalue weighted by Crippen LogP contribution is -2.26. The molecule has 2 N–H and O–H groups in total. The van der Waals surface area contributed by atoms with Crippen molar-refractivity contribution in [3.63, 3.8) is 0 Å². The van der Waals surface area contributed by atoms with E-state index < -0.39 is 11.2 Å². The zero-order valence-electron chi connectivity index (χ0n) is 11.8. The second-order valence-corrected chi connectivity index (χ2v) is 5.73. The van der Waals surface area contributed by atoms with Crippen LogP contribution in [0.1, 0.15) is 59.8 Å². The molecule has 0 aromatic rings. The molecule has 0 spiro atoms. The molecular weight excluding hydrogens is 212 g/mol. The van der Waals surface area contributed by atoms with E-state index in [9.17, 15) is 10.2 Å². The van der Waals surface area contributed by atoms with Gasteiger partial charge in [0.25, 0.3) is 0 Å². The average Bonchev–Trinajstić information content (AvgIpc) is 2.16. The van der Waals surface area contributed by atoms with Crippen molar-refractivity contribution in [3.05, 3.63) is 24.3 Å². The summed E-state index contributed by atoms with van der Waals surface area (Å²) >= 11 is 0. The zero-order valence-corrected chi connectivity index (χ0v) is 11.8. The monoisotopic (exact) mass is 240 g/mol. The molecule has 0 heterocycles. The molecule has 0 aliphatic heterocycles. The number of hydrogen-bond donors (Lipinski definition) is 2. The maximum Gasteiger partial charge on any atom is 0.0797 e. The first-order chi connectivity index (χ1) is 7.68.